The Morgan fingerprint density at radius 2 is 1.96 bits per heavy atom. The zero-order valence-corrected chi connectivity index (χ0v) is 15.2. The molecule has 1 N–H and O–H groups in total. The van der Waals surface area contributed by atoms with Gasteiger partial charge in [-0.05, 0) is 48.6 Å². The molecule has 0 aromatic heterocycles. The van der Waals surface area contributed by atoms with Crippen LogP contribution in [-0.4, -0.2) is 32.6 Å². The highest BCUT2D eigenvalue weighted by Gasteiger charge is 2.22. The first kappa shape index (κ1) is 18.0. The van der Waals surface area contributed by atoms with Crippen molar-refractivity contribution in [3.05, 3.63) is 65.2 Å². The Bertz CT molecular complexity index is 801. The molecule has 0 fully saturated rings. The van der Waals surface area contributed by atoms with Gasteiger partial charge in [-0.1, -0.05) is 30.3 Å². The number of fused-ring (bicyclic) bond motifs is 1. The summed E-state index contributed by atoms with van der Waals surface area (Å²) >= 11 is 0. The molecule has 0 heterocycles. The average molecular weight is 352 g/mol. The fourth-order valence-corrected chi connectivity index (χ4v) is 3.27. The molecule has 26 heavy (non-hydrogen) atoms. The van der Waals surface area contributed by atoms with Crippen molar-refractivity contribution in [2.75, 3.05) is 25.6 Å². The first-order valence-corrected chi connectivity index (χ1v) is 8.86. The zero-order chi connectivity index (χ0) is 18.5. The maximum absolute atomic E-state index is 12.2. The van der Waals surface area contributed by atoms with Crippen LogP contribution in [0, 0.1) is 0 Å². The van der Waals surface area contributed by atoms with Gasteiger partial charge in [-0.15, -0.1) is 0 Å². The number of nitrogens with zero attached hydrogens (tertiary/aromatic N) is 1. The topological polar surface area (TPSA) is 58.6 Å². The summed E-state index contributed by atoms with van der Waals surface area (Å²) in [5.41, 5.74) is 3.79. The lowest BCUT2D eigenvalue weighted by Gasteiger charge is -2.26. The molecule has 2 aromatic carbocycles. The van der Waals surface area contributed by atoms with Crippen LogP contribution in [0.15, 0.2) is 48.5 Å². The van der Waals surface area contributed by atoms with Gasteiger partial charge in [0.15, 0.2) is 6.61 Å². The SMILES string of the molecule is CN(C)c1cccc(C(=O)OCC(=O)N[C@H]2CCCc3ccccc32)c1. The summed E-state index contributed by atoms with van der Waals surface area (Å²) in [6.45, 7) is -0.274. The van der Waals surface area contributed by atoms with Gasteiger partial charge >= 0.3 is 5.97 Å². The van der Waals surface area contributed by atoms with Gasteiger partial charge in [0.05, 0.1) is 11.6 Å². The van der Waals surface area contributed by atoms with Crippen LogP contribution in [0.1, 0.15) is 40.4 Å². The third kappa shape index (κ3) is 4.23. The number of benzene rings is 2. The average Bonchev–Trinajstić information content (AvgIpc) is 2.66. The van der Waals surface area contributed by atoms with Gasteiger partial charge in [-0.2, -0.15) is 0 Å². The van der Waals surface area contributed by atoms with Crippen molar-refractivity contribution in [3.63, 3.8) is 0 Å². The standard InChI is InChI=1S/C21H24N2O3/c1-23(2)17-10-5-9-16(13-17)21(25)26-14-20(24)22-19-12-6-8-15-7-3-4-11-18(15)19/h3-5,7,9-11,13,19H,6,8,12,14H2,1-2H3,(H,22,24)/t19-/m0/s1. The third-order valence-electron chi connectivity index (χ3n) is 4.64. The number of carbonyl (C=O) groups is 2. The van der Waals surface area contributed by atoms with E-state index >= 15 is 0 Å². The predicted octanol–water partition coefficient (Wildman–Crippen LogP) is 3.10. The molecular weight excluding hydrogens is 328 g/mol. The van der Waals surface area contributed by atoms with Gasteiger partial charge in [-0.25, -0.2) is 4.79 Å². The van der Waals surface area contributed by atoms with Gasteiger partial charge in [0.2, 0.25) is 0 Å². The summed E-state index contributed by atoms with van der Waals surface area (Å²) < 4.78 is 5.18. The second-order valence-corrected chi connectivity index (χ2v) is 6.73. The molecular formula is C21H24N2O3. The molecule has 136 valence electrons. The van der Waals surface area contributed by atoms with Crippen LogP contribution in [-0.2, 0) is 16.0 Å². The van der Waals surface area contributed by atoms with Crippen LogP contribution in [0.2, 0.25) is 0 Å². The fourth-order valence-electron chi connectivity index (χ4n) is 3.27. The largest absolute Gasteiger partial charge is 0.452 e. The van der Waals surface area contributed by atoms with Gasteiger partial charge < -0.3 is 15.0 Å². The minimum Gasteiger partial charge on any atom is -0.452 e. The number of hydrogen-bond donors (Lipinski definition) is 1. The van der Waals surface area contributed by atoms with E-state index in [4.69, 9.17) is 4.74 Å². The lowest BCUT2D eigenvalue weighted by molar-refractivity contribution is -0.125. The number of ether oxygens (including phenoxy) is 1. The summed E-state index contributed by atoms with van der Waals surface area (Å²) in [4.78, 5) is 26.3. The number of nitrogens with one attached hydrogen (secondary N) is 1. The molecule has 0 spiro atoms. The normalized spacial score (nSPS) is 15.7. The van der Waals surface area contributed by atoms with Crippen molar-refractivity contribution in [1.82, 2.24) is 5.32 Å². The van der Waals surface area contributed by atoms with E-state index < -0.39 is 5.97 Å². The van der Waals surface area contributed by atoms with Crippen molar-refractivity contribution in [2.45, 2.75) is 25.3 Å². The maximum atomic E-state index is 12.2. The molecule has 3 rings (SSSR count). The third-order valence-corrected chi connectivity index (χ3v) is 4.64. The van der Waals surface area contributed by atoms with Crippen molar-refractivity contribution in [3.8, 4) is 0 Å². The van der Waals surface area contributed by atoms with E-state index in [1.54, 1.807) is 18.2 Å². The molecule has 0 bridgehead atoms. The quantitative estimate of drug-likeness (QED) is 0.840. The van der Waals surface area contributed by atoms with Crippen LogP contribution in [0.25, 0.3) is 0 Å². The lowest BCUT2D eigenvalue weighted by Crippen LogP contribution is -2.34. The number of esters is 1. The highest BCUT2D eigenvalue weighted by molar-refractivity contribution is 5.92. The number of amides is 1. The molecule has 1 aliphatic carbocycles. The lowest BCUT2D eigenvalue weighted by atomic mass is 9.88. The monoisotopic (exact) mass is 352 g/mol. The van der Waals surface area contributed by atoms with Gasteiger partial charge in [-0.3, -0.25) is 4.79 Å². The molecule has 0 radical (unpaired) electrons. The highest BCUT2D eigenvalue weighted by atomic mass is 16.5. The van der Waals surface area contributed by atoms with Gasteiger partial charge in [0, 0.05) is 19.8 Å². The van der Waals surface area contributed by atoms with E-state index in [0.29, 0.717) is 5.56 Å². The summed E-state index contributed by atoms with van der Waals surface area (Å²) in [6, 6.07) is 15.3. The predicted molar refractivity (Wildman–Crippen MR) is 101 cm³/mol. The first-order chi connectivity index (χ1) is 12.5. The minimum atomic E-state index is -0.493. The van der Waals surface area contributed by atoms with Crippen LogP contribution in [0.5, 0.6) is 0 Å². The second-order valence-electron chi connectivity index (χ2n) is 6.73. The Labute approximate surface area is 154 Å². The summed E-state index contributed by atoms with van der Waals surface area (Å²) in [5, 5.41) is 2.99. The molecule has 1 amide bonds. The molecule has 1 atom stereocenters. The van der Waals surface area contributed by atoms with Crippen LogP contribution < -0.4 is 10.2 Å². The molecule has 0 unspecified atom stereocenters. The molecule has 2 aromatic rings. The summed E-state index contributed by atoms with van der Waals surface area (Å²) in [6.07, 6.45) is 2.99. The Morgan fingerprint density at radius 1 is 1.15 bits per heavy atom. The van der Waals surface area contributed by atoms with E-state index in [9.17, 15) is 9.59 Å². The van der Waals surface area contributed by atoms with Crippen LogP contribution >= 0.6 is 0 Å². The molecule has 5 nitrogen and oxygen atoms in total. The first-order valence-electron chi connectivity index (χ1n) is 8.86. The van der Waals surface area contributed by atoms with E-state index in [1.165, 1.54) is 5.56 Å². The Morgan fingerprint density at radius 3 is 2.77 bits per heavy atom. The molecule has 0 aliphatic heterocycles. The van der Waals surface area contributed by atoms with E-state index in [2.05, 4.69) is 17.4 Å². The van der Waals surface area contributed by atoms with Crippen molar-refractivity contribution >= 4 is 17.6 Å². The smallest absolute Gasteiger partial charge is 0.338 e. The highest BCUT2D eigenvalue weighted by Crippen LogP contribution is 2.29. The van der Waals surface area contributed by atoms with Crippen LogP contribution in [0.4, 0.5) is 5.69 Å². The van der Waals surface area contributed by atoms with Gasteiger partial charge in [0.25, 0.3) is 5.91 Å². The summed E-state index contributed by atoms with van der Waals surface area (Å²) in [5.74, 6) is -0.767. The van der Waals surface area contributed by atoms with Crippen LogP contribution in [0.3, 0.4) is 0 Å². The maximum Gasteiger partial charge on any atom is 0.338 e. The number of anilines is 1. The molecule has 0 saturated carbocycles. The Balaban J connectivity index is 1.56. The molecule has 0 saturated heterocycles. The van der Waals surface area contributed by atoms with Gasteiger partial charge in [0.1, 0.15) is 0 Å². The fraction of sp³-hybridized carbons (Fsp3) is 0.333. The number of carbonyl (C=O) groups excluding carboxylic acids is 2. The number of aryl methyl sites for hydroxylation is 1. The van der Waals surface area contributed by atoms with Crippen molar-refractivity contribution < 1.29 is 14.3 Å². The zero-order valence-electron chi connectivity index (χ0n) is 15.2. The molecule has 1 aliphatic rings. The Kier molecular flexibility index (Phi) is 5.56. The van der Waals surface area contributed by atoms with E-state index in [-0.39, 0.29) is 18.6 Å². The number of hydrogen-bond acceptors (Lipinski definition) is 4. The van der Waals surface area contributed by atoms with Crippen molar-refractivity contribution in [2.24, 2.45) is 0 Å². The summed E-state index contributed by atoms with van der Waals surface area (Å²) in [7, 11) is 3.81. The molecule has 5 heteroatoms. The van der Waals surface area contributed by atoms with E-state index in [0.717, 1.165) is 30.5 Å². The second kappa shape index (κ2) is 8.04. The number of rotatable bonds is 5. The van der Waals surface area contributed by atoms with E-state index in [1.807, 2.05) is 37.2 Å². The van der Waals surface area contributed by atoms with Crippen molar-refractivity contribution in [1.29, 1.82) is 0 Å². The minimum absolute atomic E-state index is 0.0109. The Hall–Kier alpha value is -2.82.